The lowest BCUT2D eigenvalue weighted by molar-refractivity contribution is 0.146. The first-order chi connectivity index (χ1) is 8.87. The Labute approximate surface area is 124 Å². The summed E-state index contributed by atoms with van der Waals surface area (Å²) >= 11 is 12.1. The van der Waals surface area contributed by atoms with E-state index in [0.29, 0.717) is 15.6 Å². The topological polar surface area (TPSA) is 43.4 Å². The molecule has 1 fully saturated rings. The molecular weight excluding hydrogens is 307 g/mol. The second-order valence-electron chi connectivity index (χ2n) is 4.93. The maximum atomic E-state index is 11.5. The minimum Gasteiger partial charge on any atom is -0.262 e. The maximum absolute atomic E-state index is 11.5. The number of hydrogen-bond donors (Lipinski definition) is 0. The molecule has 106 valence electrons. The van der Waals surface area contributed by atoms with Crippen molar-refractivity contribution in [2.24, 2.45) is 5.92 Å². The van der Waals surface area contributed by atoms with E-state index in [1.807, 2.05) is 0 Å². The molecule has 0 N–H and O–H groups in total. The highest BCUT2D eigenvalue weighted by Crippen LogP contribution is 2.41. The van der Waals surface area contributed by atoms with Gasteiger partial charge in [-0.2, -0.15) is 8.42 Å². The van der Waals surface area contributed by atoms with Crippen molar-refractivity contribution >= 4 is 33.3 Å². The first kappa shape index (κ1) is 15.1. The normalized spacial score (nSPS) is 18.7. The van der Waals surface area contributed by atoms with Crippen molar-refractivity contribution in [2.45, 2.75) is 31.8 Å². The van der Waals surface area contributed by atoms with Gasteiger partial charge in [0, 0.05) is 15.6 Å². The lowest BCUT2D eigenvalue weighted by atomic mass is 9.94. The molecule has 1 aromatic rings. The molecule has 0 spiro atoms. The third kappa shape index (κ3) is 4.09. The fourth-order valence-corrected chi connectivity index (χ4v) is 3.61. The van der Waals surface area contributed by atoms with Gasteiger partial charge >= 0.3 is 0 Å². The highest BCUT2D eigenvalue weighted by Gasteiger charge is 2.31. The van der Waals surface area contributed by atoms with Crippen LogP contribution in [-0.2, 0) is 14.3 Å². The Bertz CT molecular complexity index is 551. The van der Waals surface area contributed by atoms with Gasteiger partial charge in [0.25, 0.3) is 10.1 Å². The van der Waals surface area contributed by atoms with Gasteiger partial charge in [-0.15, -0.1) is 0 Å². The highest BCUT2D eigenvalue weighted by atomic mass is 35.5. The summed E-state index contributed by atoms with van der Waals surface area (Å²) in [4.78, 5) is 0. The van der Waals surface area contributed by atoms with E-state index in [2.05, 4.69) is 0 Å². The Balaban J connectivity index is 2.38. The third-order valence-corrected chi connectivity index (χ3v) is 4.51. The van der Waals surface area contributed by atoms with E-state index in [9.17, 15) is 8.42 Å². The van der Waals surface area contributed by atoms with Crippen molar-refractivity contribution in [3.05, 3.63) is 33.8 Å². The molecule has 1 aliphatic carbocycles. The second kappa shape index (κ2) is 6.00. The van der Waals surface area contributed by atoms with E-state index in [-0.39, 0.29) is 5.92 Å². The standard InChI is InChI=1S/C13H16Cl2O3S/c1-19(16,17)18-13(9-4-2-3-5-9)11-8-10(14)6-7-12(11)15/h6-9,13H,2-5H2,1H3. The van der Waals surface area contributed by atoms with Gasteiger partial charge in [-0.25, -0.2) is 0 Å². The number of halogens is 2. The van der Waals surface area contributed by atoms with Crippen LogP contribution >= 0.6 is 23.2 Å². The van der Waals surface area contributed by atoms with Crippen LogP contribution in [0.25, 0.3) is 0 Å². The van der Waals surface area contributed by atoms with E-state index >= 15 is 0 Å². The molecule has 0 aromatic heterocycles. The average Bonchev–Trinajstić information content (AvgIpc) is 2.82. The lowest BCUT2D eigenvalue weighted by Crippen LogP contribution is -2.18. The van der Waals surface area contributed by atoms with Crippen molar-refractivity contribution < 1.29 is 12.6 Å². The summed E-state index contributed by atoms with van der Waals surface area (Å²) in [6.07, 6.45) is 4.60. The van der Waals surface area contributed by atoms with Gasteiger partial charge in [0.1, 0.15) is 6.10 Å². The van der Waals surface area contributed by atoms with Crippen LogP contribution in [0.3, 0.4) is 0 Å². The number of rotatable bonds is 4. The third-order valence-electron chi connectivity index (χ3n) is 3.37. The molecule has 0 saturated heterocycles. The Morgan fingerprint density at radius 1 is 1.26 bits per heavy atom. The maximum Gasteiger partial charge on any atom is 0.264 e. The quantitative estimate of drug-likeness (QED) is 0.780. The van der Waals surface area contributed by atoms with Crippen LogP contribution in [-0.4, -0.2) is 14.7 Å². The van der Waals surface area contributed by atoms with E-state index in [0.717, 1.165) is 31.9 Å². The van der Waals surface area contributed by atoms with Gasteiger partial charge < -0.3 is 0 Å². The molecule has 6 heteroatoms. The molecule has 19 heavy (non-hydrogen) atoms. The molecule has 1 aliphatic rings. The minimum atomic E-state index is -3.54. The van der Waals surface area contributed by atoms with E-state index < -0.39 is 16.2 Å². The molecule has 1 atom stereocenters. The monoisotopic (exact) mass is 322 g/mol. The predicted molar refractivity (Wildman–Crippen MR) is 77.1 cm³/mol. The molecule has 0 amide bonds. The summed E-state index contributed by atoms with van der Waals surface area (Å²) in [5.74, 6) is 0.172. The summed E-state index contributed by atoms with van der Waals surface area (Å²) in [6.45, 7) is 0. The predicted octanol–water partition coefficient (Wildman–Crippen LogP) is 4.20. The van der Waals surface area contributed by atoms with Crippen LogP contribution in [0.15, 0.2) is 18.2 Å². The molecule has 0 radical (unpaired) electrons. The zero-order valence-electron chi connectivity index (χ0n) is 10.6. The number of benzene rings is 1. The van der Waals surface area contributed by atoms with Gasteiger partial charge in [-0.3, -0.25) is 4.18 Å². The van der Waals surface area contributed by atoms with Crippen molar-refractivity contribution in [1.29, 1.82) is 0 Å². The zero-order chi connectivity index (χ0) is 14.0. The number of hydrogen-bond acceptors (Lipinski definition) is 3. The van der Waals surface area contributed by atoms with Gasteiger partial charge in [0.2, 0.25) is 0 Å². The van der Waals surface area contributed by atoms with Gasteiger partial charge in [-0.1, -0.05) is 36.0 Å². The Hall–Kier alpha value is -0.290. The minimum absolute atomic E-state index is 0.172. The molecule has 0 bridgehead atoms. The zero-order valence-corrected chi connectivity index (χ0v) is 12.9. The summed E-state index contributed by atoms with van der Waals surface area (Å²) < 4.78 is 28.2. The molecule has 1 saturated carbocycles. The van der Waals surface area contributed by atoms with Crippen molar-refractivity contribution in [3.63, 3.8) is 0 Å². The Morgan fingerprint density at radius 2 is 1.89 bits per heavy atom. The van der Waals surface area contributed by atoms with Crippen molar-refractivity contribution in [1.82, 2.24) is 0 Å². The lowest BCUT2D eigenvalue weighted by Gasteiger charge is -2.24. The summed E-state index contributed by atoms with van der Waals surface area (Å²) in [6, 6.07) is 5.05. The fourth-order valence-electron chi connectivity index (χ4n) is 2.57. The SMILES string of the molecule is CS(=O)(=O)OC(c1cc(Cl)ccc1Cl)C1CCCC1. The van der Waals surface area contributed by atoms with E-state index in [1.165, 1.54) is 0 Å². The smallest absolute Gasteiger partial charge is 0.262 e. The van der Waals surface area contributed by atoms with E-state index in [1.54, 1.807) is 18.2 Å². The summed E-state index contributed by atoms with van der Waals surface area (Å²) in [7, 11) is -3.54. The molecule has 2 rings (SSSR count). The van der Waals surface area contributed by atoms with Crippen LogP contribution in [0, 0.1) is 5.92 Å². The molecule has 3 nitrogen and oxygen atoms in total. The second-order valence-corrected chi connectivity index (χ2v) is 7.38. The van der Waals surface area contributed by atoms with Crippen LogP contribution in [0.1, 0.15) is 37.4 Å². The van der Waals surface area contributed by atoms with Crippen molar-refractivity contribution in [2.75, 3.05) is 6.26 Å². The van der Waals surface area contributed by atoms with Crippen LogP contribution in [0.5, 0.6) is 0 Å². The first-order valence-electron chi connectivity index (χ1n) is 6.20. The van der Waals surface area contributed by atoms with Crippen LogP contribution < -0.4 is 0 Å². The Kier molecular flexibility index (Phi) is 4.77. The molecule has 1 unspecified atom stereocenters. The van der Waals surface area contributed by atoms with Gasteiger partial charge in [-0.05, 0) is 37.0 Å². The molecule has 1 aromatic carbocycles. The fraction of sp³-hybridized carbons (Fsp3) is 0.538. The average molecular weight is 323 g/mol. The van der Waals surface area contributed by atoms with Gasteiger partial charge in [0.05, 0.1) is 6.26 Å². The Morgan fingerprint density at radius 3 is 2.47 bits per heavy atom. The first-order valence-corrected chi connectivity index (χ1v) is 8.77. The summed E-state index contributed by atoms with van der Waals surface area (Å²) in [5, 5.41) is 1.02. The summed E-state index contributed by atoms with van der Waals surface area (Å²) in [5.41, 5.74) is 0.659. The molecular formula is C13H16Cl2O3S. The largest absolute Gasteiger partial charge is 0.264 e. The van der Waals surface area contributed by atoms with Gasteiger partial charge in [0.15, 0.2) is 0 Å². The van der Waals surface area contributed by atoms with Crippen LogP contribution in [0.4, 0.5) is 0 Å². The van der Waals surface area contributed by atoms with Crippen LogP contribution in [0.2, 0.25) is 10.0 Å². The van der Waals surface area contributed by atoms with Crippen molar-refractivity contribution in [3.8, 4) is 0 Å². The molecule has 0 aliphatic heterocycles. The molecule has 0 heterocycles. The van der Waals surface area contributed by atoms with E-state index in [4.69, 9.17) is 27.4 Å². The highest BCUT2D eigenvalue weighted by molar-refractivity contribution is 7.86.